The largest absolute Gasteiger partial charge is 0.507 e. The molecule has 1 atom stereocenters. The van der Waals surface area contributed by atoms with Crippen LogP contribution >= 0.6 is 43.2 Å². The van der Waals surface area contributed by atoms with E-state index in [4.69, 9.17) is 0 Å². The number of nitrogens with zero attached hydrogens (tertiary/aromatic N) is 2. The summed E-state index contributed by atoms with van der Waals surface area (Å²) in [5, 5.41) is 13.1. The highest BCUT2D eigenvalue weighted by Crippen LogP contribution is 2.43. The Kier molecular flexibility index (Phi) is 5.18. The Labute approximate surface area is 181 Å². The molecule has 2 heterocycles. The van der Waals surface area contributed by atoms with E-state index in [1.54, 1.807) is 35.8 Å². The molecule has 1 N–H and O–H groups in total. The number of amides is 1. The van der Waals surface area contributed by atoms with Gasteiger partial charge in [0.25, 0.3) is 5.78 Å². The maximum Gasteiger partial charge on any atom is 0.301 e. The molecule has 1 aromatic heterocycles. The molecule has 1 amide bonds. The van der Waals surface area contributed by atoms with Crippen LogP contribution in [0.15, 0.2) is 74.6 Å². The van der Waals surface area contributed by atoms with Crippen LogP contribution in [0.5, 0.6) is 0 Å². The van der Waals surface area contributed by atoms with Gasteiger partial charge in [0.1, 0.15) is 5.76 Å². The second-order valence-electron chi connectivity index (χ2n) is 6.05. The number of hydrogen-bond donors (Lipinski definition) is 1. The summed E-state index contributed by atoms with van der Waals surface area (Å²) in [6.45, 7) is 0. The zero-order chi connectivity index (χ0) is 19.8. The molecule has 0 radical (unpaired) electrons. The average molecular weight is 520 g/mol. The Bertz CT molecular complexity index is 1090. The minimum atomic E-state index is -0.771. The zero-order valence-corrected chi connectivity index (χ0v) is 18.2. The topological polar surface area (TPSA) is 70.5 Å². The lowest BCUT2D eigenvalue weighted by molar-refractivity contribution is -0.132. The van der Waals surface area contributed by atoms with Crippen LogP contribution in [0.4, 0.5) is 5.13 Å². The van der Waals surface area contributed by atoms with Crippen LogP contribution in [-0.2, 0) is 9.59 Å². The van der Waals surface area contributed by atoms with E-state index in [0.29, 0.717) is 16.3 Å². The van der Waals surface area contributed by atoms with Crippen molar-refractivity contribution in [2.75, 3.05) is 4.90 Å². The lowest BCUT2D eigenvalue weighted by atomic mass is 9.95. The smallest absolute Gasteiger partial charge is 0.301 e. The number of thiazole rings is 1. The molecule has 0 unspecified atom stereocenters. The molecule has 1 aliphatic rings. The van der Waals surface area contributed by atoms with Crippen LogP contribution in [-0.4, -0.2) is 21.8 Å². The average Bonchev–Trinajstić information content (AvgIpc) is 3.29. The predicted molar refractivity (Wildman–Crippen MR) is 115 cm³/mol. The second kappa shape index (κ2) is 7.62. The molecule has 4 rings (SSSR count). The van der Waals surface area contributed by atoms with Crippen molar-refractivity contribution >= 4 is 65.8 Å². The van der Waals surface area contributed by atoms with E-state index in [9.17, 15) is 14.7 Å². The minimum Gasteiger partial charge on any atom is -0.507 e. The summed E-state index contributed by atoms with van der Waals surface area (Å²) in [6.07, 6.45) is 1.58. The minimum absolute atomic E-state index is 0.0422. The van der Waals surface area contributed by atoms with Crippen LogP contribution in [0.2, 0.25) is 0 Å². The summed E-state index contributed by atoms with van der Waals surface area (Å²) in [5.41, 5.74) is 1.20. The number of hydrogen-bond acceptors (Lipinski definition) is 5. The van der Waals surface area contributed by atoms with Gasteiger partial charge in [-0.3, -0.25) is 14.5 Å². The van der Waals surface area contributed by atoms with Crippen molar-refractivity contribution in [1.82, 2.24) is 4.98 Å². The van der Waals surface area contributed by atoms with Gasteiger partial charge < -0.3 is 5.11 Å². The van der Waals surface area contributed by atoms with Gasteiger partial charge in [0.05, 0.1) is 11.6 Å². The molecule has 0 bridgehead atoms. The molecule has 1 aliphatic heterocycles. The fourth-order valence-electron chi connectivity index (χ4n) is 3.12. The third kappa shape index (κ3) is 3.32. The van der Waals surface area contributed by atoms with Crippen molar-refractivity contribution in [3.05, 3.63) is 85.8 Å². The molecule has 2 aromatic carbocycles. The molecular formula is C20H12Br2N2O3S. The van der Waals surface area contributed by atoms with Gasteiger partial charge in [-0.1, -0.05) is 56.1 Å². The van der Waals surface area contributed by atoms with Crippen LogP contribution in [0.3, 0.4) is 0 Å². The molecule has 8 heteroatoms. The van der Waals surface area contributed by atoms with Crippen molar-refractivity contribution in [2.45, 2.75) is 6.04 Å². The number of halogens is 2. The fraction of sp³-hybridized carbons (Fsp3) is 0.0500. The van der Waals surface area contributed by atoms with Crippen molar-refractivity contribution in [2.24, 2.45) is 0 Å². The van der Waals surface area contributed by atoms with Crippen molar-refractivity contribution in [3.63, 3.8) is 0 Å². The Morgan fingerprint density at radius 3 is 2.46 bits per heavy atom. The molecule has 5 nitrogen and oxygen atoms in total. The summed E-state index contributed by atoms with van der Waals surface area (Å²) in [4.78, 5) is 31.3. The highest BCUT2D eigenvalue weighted by atomic mass is 79.9. The van der Waals surface area contributed by atoms with Crippen molar-refractivity contribution in [3.8, 4) is 0 Å². The van der Waals surface area contributed by atoms with Gasteiger partial charge in [0, 0.05) is 26.1 Å². The number of rotatable bonds is 3. The van der Waals surface area contributed by atoms with Crippen LogP contribution < -0.4 is 4.90 Å². The fourth-order valence-corrected chi connectivity index (χ4v) is 4.47. The summed E-state index contributed by atoms with van der Waals surface area (Å²) in [7, 11) is 0. The third-order valence-electron chi connectivity index (χ3n) is 4.35. The summed E-state index contributed by atoms with van der Waals surface area (Å²) < 4.78 is 1.65. The van der Waals surface area contributed by atoms with E-state index < -0.39 is 17.7 Å². The Morgan fingerprint density at radius 1 is 1.07 bits per heavy atom. The van der Waals surface area contributed by atoms with Gasteiger partial charge >= 0.3 is 5.91 Å². The molecule has 0 spiro atoms. The Hall–Kier alpha value is -2.29. The van der Waals surface area contributed by atoms with Crippen molar-refractivity contribution in [1.29, 1.82) is 0 Å². The first kappa shape index (κ1) is 19.0. The number of aromatic nitrogens is 1. The van der Waals surface area contributed by atoms with E-state index in [0.717, 1.165) is 8.95 Å². The predicted octanol–water partition coefficient (Wildman–Crippen LogP) is 5.29. The van der Waals surface area contributed by atoms with Gasteiger partial charge in [-0.25, -0.2) is 4.98 Å². The number of carbonyl (C=O) groups is 2. The van der Waals surface area contributed by atoms with Crippen LogP contribution in [0.1, 0.15) is 17.2 Å². The number of benzene rings is 2. The lowest BCUT2D eigenvalue weighted by Gasteiger charge is -2.23. The first-order chi connectivity index (χ1) is 13.5. The monoisotopic (exact) mass is 518 g/mol. The molecule has 0 aliphatic carbocycles. The van der Waals surface area contributed by atoms with Crippen molar-refractivity contribution < 1.29 is 14.7 Å². The standard InChI is InChI=1S/C20H12Br2N2O3S/c21-13-6-4-11(5-7-13)17(25)15-16(12-2-1-3-14(22)10-12)24(19(27)18(15)26)20-23-8-9-28-20/h1-10,16,25H/t16-/m1/s1. The van der Waals surface area contributed by atoms with Gasteiger partial charge in [0.2, 0.25) is 0 Å². The Balaban J connectivity index is 1.95. The quantitative estimate of drug-likeness (QED) is 0.290. The maximum atomic E-state index is 12.9. The SMILES string of the molecule is O=C1C(=O)N(c2nccs2)[C@H](c2cccc(Br)c2)C1=C(O)c1ccc(Br)cc1. The number of anilines is 1. The third-order valence-corrected chi connectivity index (χ3v) is 6.14. The van der Waals surface area contributed by atoms with E-state index >= 15 is 0 Å². The highest BCUT2D eigenvalue weighted by molar-refractivity contribution is 9.10. The van der Waals surface area contributed by atoms with Gasteiger partial charge in [-0.2, -0.15) is 0 Å². The van der Waals surface area contributed by atoms with E-state index in [1.807, 2.05) is 24.3 Å². The molecule has 28 heavy (non-hydrogen) atoms. The highest BCUT2D eigenvalue weighted by Gasteiger charge is 2.47. The molecule has 1 saturated heterocycles. The Morgan fingerprint density at radius 2 is 1.82 bits per heavy atom. The van der Waals surface area contributed by atoms with Gasteiger partial charge in [-0.05, 0) is 29.8 Å². The molecule has 140 valence electrons. The summed E-state index contributed by atoms with van der Waals surface area (Å²) >= 11 is 8.05. The maximum absolute atomic E-state index is 12.9. The summed E-state index contributed by atoms with van der Waals surface area (Å²) in [5.74, 6) is -1.66. The molecule has 0 saturated carbocycles. The van der Waals surface area contributed by atoms with Gasteiger partial charge in [0.15, 0.2) is 5.13 Å². The second-order valence-corrected chi connectivity index (χ2v) is 8.75. The zero-order valence-electron chi connectivity index (χ0n) is 14.2. The number of ketones is 1. The van der Waals surface area contributed by atoms with E-state index in [2.05, 4.69) is 36.8 Å². The first-order valence-electron chi connectivity index (χ1n) is 8.19. The molecule has 1 fully saturated rings. The van der Waals surface area contributed by atoms with Gasteiger partial charge in [-0.15, -0.1) is 11.3 Å². The normalized spacial score (nSPS) is 18.6. The van der Waals surface area contributed by atoms with Crippen LogP contribution in [0.25, 0.3) is 5.76 Å². The lowest BCUT2D eigenvalue weighted by Crippen LogP contribution is -2.29. The first-order valence-corrected chi connectivity index (χ1v) is 10.7. The summed E-state index contributed by atoms with van der Waals surface area (Å²) in [6, 6.07) is 13.5. The van der Waals surface area contributed by atoms with E-state index in [1.165, 1.54) is 16.2 Å². The van der Waals surface area contributed by atoms with E-state index in [-0.39, 0.29) is 11.3 Å². The number of aliphatic hydroxyl groups excluding tert-OH is 1. The number of Topliss-reactive ketones (excluding diaryl/α,β-unsaturated/α-hetero) is 1. The van der Waals surface area contributed by atoms with Crippen LogP contribution in [0, 0.1) is 0 Å². The molecular weight excluding hydrogens is 508 g/mol. The molecule has 3 aromatic rings. The number of carbonyl (C=O) groups excluding carboxylic acids is 2. The number of aliphatic hydroxyl groups is 1.